The van der Waals surface area contributed by atoms with Crippen LogP contribution in [0, 0.1) is 19.7 Å². The standard InChI is InChI=1S/C17H28FNO/c1-7-17(8-2,20-9-3)16(19-6)15-13(5)10-12(4)11-14(15)18/h10-11,16,19H,7-9H2,1-6H3. The average molecular weight is 281 g/mol. The molecule has 0 heterocycles. The molecule has 114 valence electrons. The fourth-order valence-electron chi connectivity index (χ4n) is 3.20. The van der Waals surface area contributed by atoms with E-state index in [0.29, 0.717) is 6.61 Å². The van der Waals surface area contributed by atoms with Crippen molar-refractivity contribution in [1.29, 1.82) is 0 Å². The van der Waals surface area contributed by atoms with E-state index in [1.807, 2.05) is 33.9 Å². The summed E-state index contributed by atoms with van der Waals surface area (Å²) in [5.41, 5.74) is 2.29. The quantitative estimate of drug-likeness (QED) is 0.804. The van der Waals surface area contributed by atoms with Gasteiger partial charge in [-0.1, -0.05) is 19.9 Å². The Kier molecular flexibility index (Phi) is 6.15. The summed E-state index contributed by atoms with van der Waals surface area (Å²) in [6.45, 7) is 10.7. The highest BCUT2D eigenvalue weighted by Gasteiger charge is 2.38. The second-order valence-electron chi connectivity index (χ2n) is 5.40. The summed E-state index contributed by atoms with van der Waals surface area (Å²) < 4.78 is 20.5. The SMILES string of the molecule is CCOC(CC)(CC)C(NC)c1c(C)cc(C)cc1F. The Labute approximate surface area is 122 Å². The maximum absolute atomic E-state index is 14.5. The fraction of sp³-hybridized carbons (Fsp3) is 0.647. The van der Waals surface area contributed by atoms with Crippen LogP contribution in [0.3, 0.4) is 0 Å². The smallest absolute Gasteiger partial charge is 0.128 e. The van der Waals surface area contributed by atoms with E-state index < -0.39 is 0 Å². The molecule has 0 amide bonds. The van der Waals surface area contributed by atoms with Crippen molar-refractivity contribution in [3.05, 3.63) is 34.6 Å². The molecule has 1 aromatic rings. The van der Waals surface area contributed by atoms with Gasteiger partial charge in [0.1, 0.15) is 5.82 Å². The fourth-order valence-corrected chi connectivity index (χ4v) is 3.20. The van der Waals surface area contributed by atoms with Crippen LogP contribution >= 0.6 is 0 Å². The number of rotatable bonds is 7. The molecule has 3 heteroatoms. The zero-order valence-corrected chi connectivity index (χ0v) is 13.6. The molecule has 0 aliphatic heterocycles. The molecule has 1 rings (SSSR count). The molecule has 2 nitrogen and oxygen atoms in total. The van der Waals surface area contributed by atoms with Crippen molar-refractivity contribution < 1.29 is 9.13 Å². The van der Waals surface area contributed by atoms with Crippen molar-refractivity contribution in [2.45, 2.75) is 59.1 Å². The summed E-state index contributed by atoms with van der Waals surface area (Å²) in [7, 11) is 1.88. The molecule has 1 N–H and O–H groups in total. The Balaban J connectivity index is 3.37. The van der Waals surface area contributed by atoms with E-state index in [2.05, 4.69) is 19.2 Å². The molecule has 1 aromatic carbocycles. The van der Waals surface area contributed by atoms with Crippen LogP contribution in [0.2, 0.25) is 0 Å². The number of benzene rings is 1. The van der Waals surface area contributed by atoms with Gasteiger partial charge in [0.05, 0.1) is 11.6 Å². The van der Waals surface area contributed by atoms with Crippen LogP contribution in [-0.2, 0) is 4.74 Å². The van der Waals surface area contributed by atoms with Crippen molar-refractivity contribution in [2.75, 3.05) is 13.7 Å². The Morgan fingerprint density at radius 2 is 1.80 bits per heavy atom. The minimum atomic E-state index is -0.371. The van der Waals surface area contributed by atoms with E-state index in [0.717, 1.165) is 29.5 Å². The predicted molar refractivity (Wildman–Crippen MR) is 82.6 cm³/mol. The third-order valence-electron chi connectivity index (χ3n) is 4.21. The average Bonchev–Trinajstić information content (AvgIpc) is 2.40. The van der Waals surface area contributed by atoms with E-state index in [1.54, 1.807) is 6.07 Å². The molecule has 0 saturated heterocycles. The van der Waals surface area contributed by atoms with Crippen molar-refractivity contribution in [3.8, 4) is 0 Å². The number of hydrogen-bond donors (Lipinski definition) is 1. The molecule has 0 radical (unpaired) electrons. The van der Waals surface area contributed by atoms with Crippen LogP contribution in [0.15, 0.2) is 12.1 Å². The molecule has 0 spiro atoms. The van der Waals surface area contributed by atoms with Crippen molar-refractivity contribution in [3.63, 3.8) is 0 Å². The van der Waals surface area contributed by atoms with Crippen molar-refractivity contribution in [2.24, 2.45) is 0 Å². The first kappa shape index (κ1) is 17.1. The lowest BCUT2D eigenvalue weighted by Crippen LogP contribution is -2.45. The number of aryl methyl sites for hydroxylation is 2. The first-order valence-electron chi connectivity index (χ1n) is 7.53. The summed E-state index contributed by atoms with van der Waals surface area (Å²) in [4.78, 5) is 0. The molecular weight excluding hydrogens is 253 g/mol. The van der Waals surface area contributed by atoms with Gasteiger partial charge < -0.3 is 10.1 Å². The molecule has 0 aliphatic rings. The lowest BCUT2D eigenvalue weighted by Gasteiger charge is -2.40. The normalized spacial score (nSPS) is 13.6. The lowest BCUT2D eigenvalue weighted by molar-refractivity contribution is -0.0726. The first-order chi connectivity index (χ1) is 9.45. The maximum Gasteiger partial charge on any atom is 0.128 e. The van der Waals surface area contributed by atoms with Gasteiger partial charge in [-0.3, -0.25) is 0 Å². The van der Waals surface area contributed by atoms with Crippen LogP contribution in [0.5, 0.6) is 0 Å². The minimum absolute atomic E-state index is 0.141. The van der Waals surface area contributed by atoms with Gasteiger partial charge in [-0.15, -0.1) is 0 Å². The summed E-state index contributed by atoms with van der Waals surface area (Å²) in [5.74, 6) is -0.146. The van der Waals surface area contributed by atoms with Crippen molar-refractivity contribution in [1.82, 2.24) is 5.32 Å². The maximum atomic E-state index is 14.5. The predicted octanol–water partition coefficient (Wildman–Crippen LogP) is 4.30. The second kappa shape index (κ2) is 7.19. The Morgan fingerprint density at radius 3 is 2.20 bits per heavy atom. The number of likely N-dealkylation sites (N-methyl/N-ethyl adjacent to an activating group) is 1. The molecule has 0 bridgehead atoms. The lowest BCUT2D eigenvalue weighted by atomic mass is 9.81. The summed E-state index contributed by atoms with van der Waals surface area (Å²) >= 11 is 0. The second-order valence-corrected chi connectivity index (χ2v) is 5.40. The largest absolute Gasteiger partial charge is 0.373 e. The van der Waals surface area contributed by atoms with E-state index >= 15 is 0 Å². The van der Waals surface area contributed by atoms with Gasteiger partial charge in [0.25, 0.3) is 0 Å². The minimum Gasteiger partial charge on any atom is -0.373 e. The third kappa shape index (κ3) is 3.21. The molecule has 1 unspecified atom stereocenters. The Hall–Kier alpha value is -0.930. The number of halogens is 1. The molecule has 1 atom stereocenters. The molecule has 0 aliphatic carbocycles. The highest BCUT2D eigenvalue weighted by molar-refractivity contribution is 5.36. The topological polar surface area (TPSA) is 21.3 Å². The third-order valence-corrected chi connectivity index (χ3v) is 4.21. The zero-order valence-electron chi connectivity index (χ0n) is 13.6. The van der Waals surface area contributed by atoms with E-state index in [1.165, 1.54) is 0 Å². The van der Waals surface area contributed by atoms with Crippen LogP contribution < -0.4 is 5.32 Å². The van der Waals surface area contributed by atoms with Crippen LogP contribution in [0.25, 0.3) is 0 Å². The Morgan fingerprint density at radius 1 is 1.20 bits per heavy atom. The van der Waals surface area contributed by atoms with E-state index in [-0.39, 0.29) is 17.5 Å². The Bertz CT molecular complexity index is 418. The first-order valence-corrected chi connectivity index (χ1v) is 7.53. The van der Waals surface area contributed by atoms with Crippen LogP contribution in [-0.4, -0.2) is 19.3 Å². The van der Waals surface area contributed by atoms with Crippen LogP contribution in [0.1, 0.15) is 56.3 Å². The summed E-state index contributed by atoms with van der Waals surface area (Å²) in [6, 6.07) is 3.50. The van der Waals surface area contributed by atoms with Gasteiger partial charge in [0.2, 0.25) is 0 Å². The van der Waals surface area contributed by atoms with Gasteiger partial charge in [-0.25, -0.2) is 4.39 Å². The molecular formula is C17H28FNO. The molecule has 0 saturated carbocycles. The number of ether oxygens (including phenoxy) is 1. The van der Waals surface area contributed by atoms with E-state index in [9.17, 15) is 4.39 Å². The number of hydrogen-bond acceptors (Lipinski definition) is 2. The van der Waals surface area contributed by atoms with Gasteiger partial charge >= 0.3 is 0 Å². The van der Waals surface area contributed by atoms with Gasteiger partial charge in [0, 0.05) is 12.2 Å². The zero-order chi connectivity index (χ0) is 15.3. The van der Waals surface area contributed by atoms with E-state index in [4.69, 9.17) is 4.74 Å². The van der Waals surface area contributed by atoms with Crippen molar-refractivity contribution >= 4 is 0 Å². The summed E-state index contributed by atoms with van der Waals surface area (Å²) in [5, 5.41) is 3.28. The molecule has 20 heavy (non-hydrogen) atoms. The summed E-state index contributed by atoms with van der Waals surface area (Å²) in [6.07, 6.45) is 1.69. The van der Waals surface area contributed by atoms with Gasteiger partial charge in [-0.05, 0) is 57.9 Å². The molecule has 0 aromatic heterocycles. The number of nitrogens with one attached hydrogen (secondary N) is 1. The molecule has 0 fully saturated rings. The monoisotopic (exact) mass is 281 g/mol. The van der Waals surface area contributed by atoms with Crippen LogP contribution in [0.4, 0.5) is 4.39 Å². The van der Waals surface area contributed by atoms with Gasteiger partial charge in [0.15, 0.2) is 0 Å². The highest BCUT2D eigenvalue weighted by atomic mass is 19.1. The highest BCUT2D eigenvalue weighted by Crippen LogP contribution is 2.38. The van der Waals surface area contributed by atoms with Gasteiger partial charge in [-0.2, -0.15) is 0 Å².